The van der Waals surface area contributed by atoms with E-state index in [1.165, 1.54) is 7.11 Å². The molecule has 0 N–H and O–H groups in total. The molecule has 0 bridgehead atoms. The summed E-state index contributed by atoms with van der Waals surface area (Å²) in [6, 6.07) is 15.5. The van der Waals surface area contributed by atoms with Crippen LogP contribution in [0.2, 0.25) is 0 Å². The van der Waals surface area contributed by atoms with Crippen LogP contribution < -0.4 is 4.74 Å². The molecule has 5 rings (SSSR count). The number of oxazole rings is 1. The molecule has 0 amide bonds. The summed E-state index contributed by atoms with van der Waals surface area (Å²) in [5, 5.41) is 0.733. The molecular formula is C26H24N2O5. The van der Waals surface area contributed by atoms with Gasteiger partial charge in [-0.25, -0.2) is 9.78 Å². The van der Waals surface area contributed by atoms with E-state index in [0.29, 0.717) is 35.4 Å². The Balaban J connectivity index is 1.30. The smallest absolute Gasteiger partial charge is 0.340 e. The van der Waals surface area contributed by atoms with E-state index < -0.39 is 11.9 Å². The first kappa shape index (κ1) is 21.0. The largest absolute Gasteiger partial charge is 0.465 e. The minimum absolute atomic E-state index is 0.124. The van der Waals surface area contributed by atoms with Crippen molar-refractivity contribution in [1.29, 1.82) is 0 Å². The van der Waals surface area contributed by atoms with Crippen LogP contribution in [0.5, 0.6) is 5.75 Å². The Morgan fingerprint density at radius 3 is 2.67 bits per heavy atom. The molecule has 0 atom stereocenters. The number of carbonyl (C=O) groups is 2. The highest BCUT2D eigenvalue weighted by atomic mass is 16.5. The van der Waals surface area contributed by atoms with Gasteiger partial charge in [-0.3, -0.25) is 4.79 Å². The van der Waals surface area contributed by atoms with Crippen LogP contribution in [0.1, 0.15) is 47.2 Å². The zero-order valence-corrected chi connectivity index (χ0v) is 18.5. The standard InChI is InChI=1S/C26H24N2O5/c1-16-25(26(30)31-2)20-14-19(10-11-21(20)28(16)18-8-9-18)32-24(29)13-12-23-27-15-22(33-23)17-6-4-3-5-7-17/h3-7,10-11,14-15,18H,8-9,12-13H2,1-2H3. The van der Waals surface area contributed by atoms with Crippen molar-refractivity contribution in [1.82, 2.24) is 9.55 Å². The van der Waals surface area contributed by atoms with Crippen molar-refractivity contribution >= 4 is 22.8 Å². The number of aromatic nitrogens is 2. The normalized spacial score (nSPS) is 13.3. The number of aryl methyl sites for hydroxylation is 1. The molecule has 168 valence electrons. The number of benzene rings is 2. The predicted molar refractivity (Wildman–Crippen MR) is 122 cm³/mol. The van der Waals surface area contributed by atoms with Crippen LogP contribution in [0.4, 0.5) is 0 Å². The highest BCUT2D eigenvalue weighted by Crippen LogP contribution is 2.42. The summed E-state index contributed by atoms with van der Waals surface area (Å²) < 4.78 is 18.5. The van der Waals surface area contributed by atoms with Gasteiger partial charge in [-0.05, 0) is 38.0 Å². The average molecular weight is 444 g/mol. The first-order chi connectivity index (χ1) is 16.0. The number of hydrogen-bond acceptors (Lipinski definition) is 6. The summed E-state index contributed by atoms with van der Waals surface area (Å²) in [6.07, 6.45) is 4.30. The third-order valence-electron chi connectivity index (χ3n) is 5.91. The molecule has 0 aliphatic heterocycles. The maximum atomic E-state index is 12.5. The van der Waals surface area contributed by atoms with Crippen LogP contribution in [0, 0.1) is 6.92 Å². The lowest BCUT2D eigenvalue weighted by Crippen LogP contribution is -2.09. The number of nitrogens with zero attached hydrogens (tertiary/aromatic N) is 2. The van der Waals surface area contributed by atoms with Gasteiger partial charge < -0.3 is 18.5 Å². The molecule has 7 heteroatoms. The molecule has 33 heavy (non-hydrogen) atoms. The van der Waals surface area contributed by atoms with E-state index in [9.17, 15) is 9.59 Å². The van der Waals surface area contributed by atoms with Crippen molar-refractivity contribution in [2.45, 2.75) is 38.6 Å². The molecule has 0 saturated heterocycles. The second kappa shape index (κ2) is 8.58. The summed E-state index contributed by atoms with van der Waals surface area (Å²) in [5.74, 6) is 0.745. The Bertz CT molecular complexity index is 1330. The van der Waals surface area contributed by atoms with Gasteiger partial charge in [-0.2, -0.15) is 0 Å². The molecule has 1 aliphatic rings. The van der Waals surface area contributed by atoms with Gasteiger partial charge in [0, 0.05) is 34.6 Å². The lowest BCUT2D eigenvalue weighted by atomic mass is 10.1. The Labute approximate surface area is 190 Å². The van der Waals surface area contributed by atoms with E-state index in [0.717, 1.165) is 35.0 Å². The molecular weight excluding hydrogens is 420 g/mol. The van der Waals surface area contributed by atoms with Crippen LogP contribution in [-0.2, 0) is 16.0 Å². The third kappa shape index (κ3) is 4.14. The van der Waals surface area contributed by atoms with Crippen LogP contribution in [0.25, 0.3) is 22.2 Å². The third-order valence-corrected chi connectivity index (χ3v) is 5.91. The Hall–Kier alpha value is -3.87. The number of fused-ring (bicyclic) bond motifs is 1. The second-order valence-corrected chi connectivity index (χ2v) is 8.19. The molecule has 2 aromatic carbocycles. The molecule has 1 aliphatic carbocycles. The summed E-state index contributed by atoms with van der Waals surface area (Å²) >= 11 is 0. The summed E-state index contributed by atoms with van der Waals surface area (Å²) in [7, 11) is 1.37. The van der Waals surface area contributed by atoms with Gasteiger partial charge in [0.25, 0.3) is 0 Å². The minimum Gasteiger partial charge on any atom is -0.465 e. The predicted octanol–water partition coefficient (Wildman–Crippen LogP) is 5.26. The van der Waals surface area contributed by atoms with Crippen molar-refractivity contribution in [3.63, 3.8) is 0 Å². The van der Waals surface area contributed by atoms with Crippen LogP contribution in [0.3, 0.4) is 0 Å². The summed E-state index contributed by atoms with van der Waals surface area (Å²) in [4.78, 5) is 29.2. The van der Waals surface area contributed by atoms with E-state index in [4.69, 9.17) is 13.9 Å². The molecule has 7 nitrogen and oxygen atoms in total. The highest BCUT2D eigenvalue weighted by molar-refractivity contribution is 6.06. The summed E-state index contributed by atoms with van der Waals surface area (Å²) in [5.41, 5.74) is 3.27. The van der Waals surface area contributed by atoms with Crippen LogP contribution >= 0.6 is 0 Å². The molecule has 1 saturated carbocycles. The van der Waals surface area contributed by atoms with E-state index >= 15 is 0 Å². The number of methoxy groups -OCH3 is 1. The monoisotopic (exact) mass is 444 g/mol. The number of esters is 2. The molecule has 0 radical (unpaired) electrons. The van der Waals surface area contributed by atoms with Gasteiger partial charge in [-0.15, -0.1) is 0 Å². The molecule has 4 aromatic rings. The lowest BCUT2D eigenvalue weighted by molar-refractivity contribution is -0.134. The molecule has 1 fully saturated rings. The fourth-order valence-corrected chi connectivity index (χ4v) is 4.20. The zero-order chi connectivity index (χ0) is 22.9. The summed E-state index contributed by atoms with van der Waals surface area (Å²) in [6.45, 7) is 1.93. The van der Waals surface area contributed by atoms with Crippen molar-refractivity contribution < 1.29 is 23.5 Å². The van der Waals surface area contributed by atoms with Gasteiger partial charge in [-0.1, -0.05) is 30.3 Å². The molecule has 2 aromatic heterocycles. The minimum atomic E-state index is -0.397. The maximum absolute atomic E-state index is 12.5. The van der Waals surface area contributed by atoms with Crippen molar-refractivity contribution in [2.24, 2.45) is 0 Å². The first-order valence-electron chi connectivity index (χ1n) is 11.0. The number of hydrogen-bond donors (Lipinski definition) is 0. The maximum Gasteiger partial charge on any atom is 0.340 e. The topological polar surface area (TPSA) is 83.6 Å². The quantitative estimate of drug-likeness (QED) is 0.285. The van der Waals surface area contributed by atoms with Crippen molar-refractivity contribution in [2.75, 3.05) is 7.11 Å². The Kier molecular flexibility index (Phi) is 5.46. The van der Waals surface area contributed by atoms with Crippen molar-refractivity contribution in [3.05, 3.63) is 71.9 Å². The second-order valence-electron chi connectivity index (χ2n) is 8.19. The van der Waals surface area contributed by atoms with Gasteiger partial charge in [0.05, 0.1) is 25.3 Å². The lowest BCUT2D eigenvalue weighted by Gasteiger charge is -2.07. The fraction of sp³-hybridized carbons (Fsp3) is 0.269. The van der Waals surface area contributed by atoms with Gasteiger partial charge >= 0.3 is 11.9 Å². The van der Waals surface area contributed by atoms with E-state index in [2.05, 4.69) is 9.55 Å². The first-order valence-corrected chi connectivity index (χ1v) is 11.0. The molecule has 2 heterocycles. The van der Waals surface area contributed by atoms with Gasteiger partial charge in [0.1, 0.15) is 5.75 Å². The zero-order valence-electron chi connectivity index (χ0n) is 18.5. The van der Waals surface area contributed by atoms with Crippen LogP contribution in [0.15, 0.2) is 59.1 Å². The van der Waals surface area contributed by atoms with E-state index in [1.807, 2.05) is 43.3 Å². The fourth-order valence-electron chi connectivity index (χ4n) is 4.20. The SMILES string of the molecule is COC(=O)c1c(C)n(C2CC2)c2ccc(OC(=O)CCc3ncc(-c4ccccc4)o3)cc12. The Morgan fingerprint density at radius 1 is 1.15 bits per heavy atom. The van der Waals surface area contributed by atoms with Gasteiger partial charge in [0.15, 0.2) is 11.7 Å². The molecule has 0 unspecified atom stereocenters. The molecule has 0 spiro atoms. The highest BCUT2D eigenvalue weighted by Gasteiger charge is 2.30. The van der Waals surface area contributed by atoms with Gasteiger partial charge in [0.2, 0.25) is 0 Å². The number of rotatable bonds is 7. The van der Waals surface area contributed by atoms with E-state index in [1.54, 1.807) is 18.3 Å². The number of carbonyl (C=O) groups excluding carboxylic acids is 2. The van der Waals surface area contributed by atoms with Crippen LogP contribution in [-0.4, -0.2) is 28.6 Å². The average Bonchev–Trinajstić information content (AvgIpc) is 3.47. The Morgan fingerprint density at radius 2 is 1.94 bits per heavy atom. The van der Waals surface area contributed by atoms with E-state index in [-0.39, 0.29) is 6.42 Å². The van der Waals surface area contributed by atoms with Crippen molar-refractivity contribution in [3.8, 4) is 17.1 Å². The number of ether oxygens (including phenoxy) is 2.